The average molecular weight is 491 g/mol. The first-order valence-electron chi connectivity index (χ1n) is 11.2. The fraction of sp³-hybridized carbons (Fsp3) is 0.185. The molecule has 0 unspecified atom stereocenters. The highest BCUT2D eigenvalue weighted by atomic mass is 32.2. The quantitative estimate of drug-likeness (QED) is 0.385. The van der Waals surface area contributed by atoms with E-state index < -0.39 is 21.9 Å². The molecule has 35 heavy (non-hydrogen) atoms. The number of fused-ring (bicyclic) bond motifs is 1. The van der Waals surface area contributed by atoms with E-state index in [9.17, 15) is 18.0 Å². The topological polar surface area (TPSA) is 92.8 Å². The van der Waals surface area contributed by atoms with E-state index in [0.717, 1.165) is 16.7 Å². The van der Waals surface area contributed by atoms with Gasteiger partial charge >= 0.3 is 5.97 Å². The minimum Gasteiger partial charge on any atom is -0.452 e. The van der Waals surface area contributed by atoms with E-state index in [4.69, 9.17) is 4.74 Å². The molecular weight excluding hydrogens is 464 g/mol. The summed E-state index contributed by atoms with van der Waals surface area (Å²) < 4.78 is 32.6. The lowest BCUT2D eigenvalue weighted by Gasteiger charge is -2.19. The van der Waals surface area contributed by atoms with Gasteiger partial charge in [-0.25, -0.2) is 13.2 Å². The fourth-order valence-electron chi connectivity index (χ4n) is 3.74. The van der Waals surface area contributed by atoms with Crippen LogP contribution in [0.1, 0.15) is 22.3 Å². The van der Waals surface area contributed by atoms with Crippen molar-refractivity contribution in [2.75, 3.05) is 17.5 Å². The van der Waals surface area contributed by atoms with Gasteiger partial charge in [0.2, 0.25) is 0 Å². The molecule has 0 aliphatic carbocycles. The number of hydrogen-bond donors (Lipinski definition) is 1. The summed E-state index contributed by atoms with van der Waals surface area (Å²) in [7, 11) is -3.67. The average Bonchev–Trinajstić information content (AvgIpc) is 3.31. The van der Waals surface area contributed by atoms with Crippen LogP contribution >= 0.6 is 0 Å². The van der Waals surface area contributed by atoms with Gasteiger partial charge in [0.1, 0.15) is 0 Å². The van der Waals surface area contributed by atoms with Crippen molar-refractivity contribution in [3.63, 3.8) is 0 Å². The standard InChI is InChI=1S/C27H26N2O5S/c1-20-6-8-22(9-7-20)18-28-26(30)19-34-27(31)15-12-21-10-13-24(14-11-21)35(32,33)29-17-16-23-4-2-3-5-25(23)29/h2-15H,16-19H2,1H3,(H,28,30)/b15-12+. The van der Waals surface area contributed by atoms with Crippen LogP contribution in [0.4, 0.5) is 5.69 Å². The first-order chi connectivity index (χ1) is 16.8. The summed E-state index contributed by atoms with van der Waals surface area (Å²) >= 11 is 0. The van der Waals surface area contributed by atoms with Gasteiger partial charge in [0.15, 0.2) is 6.61 Å². The number of sulfonamides is 1. The molecule has 1 aliphatic rings. The van der Waals surface area contributed by atoms with Crippen molar-refractivity contribution in [1.29, 1.82) is 0 Å². The summed E-state index contributed by atoms with van der Waals surface area (Å²) in [5.41, 5.74) is 4.44. The van der Waals surface area contributed by atoms with E-state index in [2.05, 4.69) is 5.32 Å². The number of carbonyl (C=O) groups excluding carboxylic acids is 2. The van der Waals surface area contributed by atoms with Crippen LogP contribution in [0.3, 0.4) is 0 Å². The number of para-hydroxylation sites is 1. The van der Waals surface area contributed by atoms with E-state index >= 15 is 0 Å². The third-order valence-corrected chi connectivity index (χ3v) is 7.51. The van der Waals surface area contributed by atoms with Gasteiger partial charge in [0.25, 0.3) is 15.9 Å². The summed E-state index contributed by atoms with van der Waals surface area (Å²) in [5.74, 6) is -1.06. The normalized spacial score (nSPS) is 13.0. The zero-order chi connectivity index (χ0) is 24.8. The Bertz CT molecular complexity index is 1350. The predicted octanol–water partition coefficient (Wildman–Crippen LogP) is 3.62. The van der Waals surface area contributed by atoms with E-state index in [-0.39, 0.29) is 11.5 Å². The van der Waals surface area contributed by atoms with Crippen molar-refractivity contribution in [2.45, 2.75) is 24.8 Å². The van der Waals surface area contributed by atoms with Crippen molar-refractivity contribution in [2.24, 2.45) is 0 Å². The third-order valence-electron chi connectivity index (χ3n) is 5.68. The molecule has 0 bridgehead atoms. The van der Waals surface area contributed by atoms with Gasteiger partial charge in [0.05, 0.1) is 10.6 Å². The lowest BCUT2D eigenvalue weighted by molar-refractivity contribution is -0.143. The van der Waals surface area contributed by atoms with Crippen molar-refractivity contribution >= 4 is 33.7 Å². The van der Waals surface area contributed by atoms with Gasteiger partial charge in [-0.15, -0.1) is 0 Å². The largest absolute Gasteiger partial charge is 0.452 e. The minimum atomic E-state index is -3.67. The number of nitrogens with one attached hydrogen (secondary N) is 1. The van der Waals surface area contributed by atoms with Crippen molar-refractivity contribution in [3.05, 3.63) is 101 Å². The molecule has 3 aromatic carbocycles. The number of ether oxygens (including phenoxy) is 1. The van der Waals surface area contributed by atoms with Crippen molar-refractivity contribution in [1.82, 2.24) is 5.32 Å². The second kappa shape index (κ2) is 10.6. The summed E-state index contributed by atoms with van der Waals surface area (Å²) in [6.07, 6.45) is 3.39. The summed E-state index contributed by atoms with van der Waals surface area (Å²) in [6.45, 7) is 2.36. The van der Waals surface area contributed by atoms with E-state index in [1.54, 1.807) is 12.1 Å². The van der Waals surface area contributed by atoms with E-state index in [0.29, 0.717) is 30.8 Å². The van der Waals surface area contributed by atoms with Crippen molar-refractivity contribution < 1.29 is 22.7 Å². The summed E-state index contributed by atoms with van der Waals surface area (Å²) in [4.78, 5) is 24.0. The maximum Gasteiger partial charge on any atom is 0.331 e. The van der Waals surface area contributed by atoms with Crippen LogP contribution in [-0.2, 0) is 37.3 Å². The smallest absolute Gasteiger partial charge is 0.331 e. The first-order valence-corrected chi connectivity index (χ1v) is 12.6. The Balaban J connectivity index is 1.28. The lowest BCUT2D eigenvalue weighted by atomic mass is 10.1. The highest BCUT2D eigenvalue weighted by molar-refractivity contribution is 7.92. The molecule has 180 valence electrons. The van der Waals surface area contributed by atoms with Gasteiger partial charge in [-0.3, -0.25) is 9.10 Å². The fourth-order valence-corrected chi connectivity index (χ4v) is 5.25. The first kappa shape index (κ1) is 24.2. The molecule has 0 saturated carbocycles. The Morgan fingerprint density at radius 3 is 2.46 bits per heavy atom. The molecule has 0 radical (unpaired) electrons. The molecule has 1 heterocycles. The Morgan fingerprint density at radius 2 is 1.71 bits per heavy atom. The van der Waals surface area contributed by atoms with Crippen LogP contribution < -0.4 is 9.62 Å². The number of aryl methyl sites for hydroxylation is 1. The maximum absolute atomic E-state index is 13.1. The highest BCUT2D eigenvalue weighted by Gasteiger charge is 2.30. The van der Waals surface area contributed by atoms with E-state index in [1.807, 2.05) is 55.5 Å². The third kappa shape index (κ3) is 5.96. The molecule has 3 aromatic rings. The minimum absolute atomic E-state index is 0.180. The van der Waals surface area contributed by atoms with Crippen LogP contribution in [0.2, 0.25) is 0 Å². The number of benzene rings is 3. The van der Waals surface area contributed by atoms with Gasteiger partial charge in [-0.1, -0.05) is 60.2 Å². The van der Waals surface area contributed by atoms with Crippen LogP contribution in [-0.4, -0.2) is 33.4 Å². The monoisotopic (exact) mass is 490 g/mol. The van der Waals surface area contributed by atoms with Gasteiger partial charge in [-0.2, -0.15) is 0 Å². The lowest BCUT2D eigenvalue weighted by Crippen LogP contribution is -2.29. The van der Waals surface area contributed by atoms with Crippen LogP contribution in [0.25, 0.3) is 6.08 Å². The number of nitrogens with zero attached hydrogens (tertiary/aromatic N) is 1. The van der Waals surface area contributed by atoms with Gasteiger partial charge < -0.3 is 10.1 Å². The molecule has 0 aromatic heterocycles. The Hall–Kier alpha value is -3.91. The molecule has 0 atom stereocenters. The number of esters is 1. The van der Waals surface area contributed by atoms with Crippen LogP contribution in [0, 0.1) is 6.92 Å². The van der Waals surface area contributed by atoms with Gasteiger partial charge in [0, 0.05) is 19.2 Å². The molecular formula is C27H26N2O5S. The number of carbonyl (C=O) groups is 2. The van der Waals surface area contributed by atoms with Crippen LogP contribution in [0.5, 0.6) is 0 Å². The van der Waals surface area contributed by atoms with Crippen molar-refractivity contribution in [3.8, 4) is 0 Å². The number of anilines is 1. The summed E-state index contributed by atoms with van der Waals surface area (Å²) in [6, 6.07) is 21.5. The zero-order valence-corrected chi connectivity index (χ0v) is 20.1. The molecule has 4 rings (SSSR count). The SMILES string of the molecule is Cc1ccc(CNC(=O)COC(=O)/C=C/c2ccc(S(=O)(=O)N3CCc4ccccc43)cc2)cc1. The Morgan fingerprint density at radius 1 is 1.00 bits per heavy atom. The Kier molecular flexibility index (Phi) is 7.31. The number of hydrogen-bond acceptors (Lipinski definition) is 5. The molecule has 1 aliphatic heterocycles. The molecule has 0 fully saturated rings. The predicted molar refractivity (Wildman–Crippen MR) is 134 cm³/mol. The van der Waals surface area contributed by atoms with Gasteiger partial charge in [-0.05, 0) is 54.3 Å². The molecule has 1 N–H and O–H groups in total. The molecule has 8 heteroatoms. The zero-order valence-electron chi connectivity index (χ0n) is 19.3. The highest BCUT2D eigenvalue weighted by Crippen LogP contribution is 2.32. The molecule has 7 nitrogen and oxygen atoms in total. The number of rotatable bonds is 8. The molecule has 1 amide bonds. The second-order valence-corrected chi connectivity index (χ2v) is 10.1. The molecule has 0 spiro atoms. The Labute approximate surface area is 205 Å². The van der Waals surface area contributed by atoms with E-state index in [1.165, 1.54) is 28.6 Å². The molecule has 0 saturated heterocycles. The maximum atomic E-state index is 13.1. The second-order valence-electron chi connectivity index (χ2n) is 8.23. The van der Waals surface area contributed by atoms with Crippen LogP contribution in [0.15, 0.2) is 83.8 Å². The summed E-state index contributed by atoms with van der Waals surface area (Å²) in [5, 5.41) is 2.70. The number of amides is 1.